The normalized spacial score (nSPS) is 11.8. The first-order valence-corrected chi connectivity index (χ1v) is 12.3. The van der Waals surface area contributed by atoms with Crippen molar-refractivity contribution in [2.45, 2.75) is 11.4 Å². The molecule has 3 aromatic carbocycles. The van der Waals surface area contributed by atoms with E-state index in [0.29, 0.717) is 21.2 Å². The lowest BCUT2D eigenvalue weighted by Gasteiger charge is -2.22. The molecule has 0 aliphatic rings. The molecule has 0 saturated heterocycles. The SMILES string of the molecule is O=C(CN(Cc1ccccc1Cl)S(=O)(=O)c1ccc(Br)cc1)N/N=C/c1cccc(Cl)c1. The van der Waals surface area contributed by atoms with E-state index in [1.54, 1.807) is 60.7 Å². The second kappa shape index (κ2) is 11.1. The molecule has 0 aliphatic heterocycles. The Hall–Kier alpha value is -2.23. The minimum atomic E-state index is -3.99. The zero-order chi connectivity index (χ0) is 23.1. The van der Waals surface area contributed by atoms with Crippen molar-refractivity contribution in [2.24, 2.45) is 5.10 Å². The van der Waals surface area contributed by atoms with Crippen LogP contribution in [0.4, 0.5) is 0 Å². The van der Waals surface area contributed by atoms with Gasteiger partial charge in [-0.25, -0.2) is 13.8 Å². The predicted octanol–water partition coefficient (Wildman–Crippen LogP) is 5.10. The molecule has 1 amide bonds. The molecule has 32 heavy (non-hydrogen) atoms. The van der Waals surface area contributed by atoms with Gasteiger partial charge in [-0.05, 0) is 53.6 Å². The summed E-state index contributed by atoms with van der Waals surface area (Å²) < 4.78 is 28.3. The van der Waals surface area contributed by atoms with Crippen LogP contribution in [0.15, 0.2) is 87.3 Å². The van der Waals surface area contributed by atoms with Gasteiger partial charge in [-0.1, -0.05) is 69.5 Å². The van der Waals surface area contributed by atoms with Crippen molar-refractivity contribution >= 4 is 61.3 Å². The van der Waals surface area contributed by atoms with Crippen molar-refractivity contribution in [3.05, 3.63) is 98.4 Å². The number of hydrazone groups is 1. The van der Waals surface area contributed by atoms with E-state index in [4.69, 9.17) is 23.2 Å². The maximum Gasteiger partial charge on any atom is 0.255 e. The number of carbonyl (C=O) groups is 1. The van der Waals surface area contributed by atoms with Crippen molar-refractivity contribution in [1.82, 2.24) is 9.73 Å². The van der Waals surface area contributed by atoms with E-state index in [9.17, 15) is 13.2 Å². The minimum Gasteiger partial charge on any atom is -0.272 e. The smallest absolute Gasteiger partial charge is 0.255 e. The van der Waals surface area contributed by atoms with Crippen LogP contribution >= 0.6 is 39.1 Å². The number of amides is 1. The van der Waals surface area contributed by atoms with E-state index < -0.39 is 22.5 Å². The van der Waals surface area contributed by atoms with Gasteiger partial charge in [-0.3, -0.25) is 4.79 Å². The summed E-state index contributed by atoms with van der Waals surface area (Å²) in [7, 11) is -3.99. The Morgan fingerprint density at radius 1 is 1.03 bits per heavy atom. The second-order valence-electron chi connectivity index (χ2n) is 6.67. The van der Waals surface area contributed by atoms with Crippen LogP contribution in [0.25, 0.3) is 0 Å². The van der Waals surface area contributed by atoms with E-state index in [-0.39, 0.29) is 11.4 Å². The van der Waals surface area contributed by atoms with Crippen LogP contribution in [-0.2, 0) is 21.4 Å². The van der Waals surface area contributed by atoms with Gasteiger partial charge in [-0.15, -0.1) is 0 Å². The van der Waals surface area contributed by atoms with Gasteiger partial charge in [0.05, 0.1) is 17.7 Å². The largest absolute Gasteiger partial charge is 0.272 e. The van der Waals surface area contributed by atoms with Gasteiger partial charge in [0.15, 0.2) is 0 Å². The molecule has 0 heterocycles. The summed E-state index contributed by atoms with van der Waals surface area (Å²) in [5.74, 6) is -0.601. The lowest BCUT2D eigenvalue weighted by atomic mass is 10.2. The Balaban J connectivity index is 1.81. The first kappa shape index (κ1) is 24.4. The zero-order valence-electron chi connectivity index (χ0n) is 16.6. The van der Waals surface area contributed by atoms with Crippen molar-refractivity contribution < 1.29 is 13.2 Å². The van der Waals surface area contributed by atoms with Crippen LogP contribution in [0.2, 0.25) is 10.0 Å². The van der Waals surface area contributed by atoms with Crippen LogP contribution in [0.1, 0.15) is 11.1 Å². The quantitative estimate of drug-likeness (QED) is 0.311. The maximum atomic E-state index is 13.3. The molecule has 0 aliphatic carbocycles. The van der Waals surface area contributed by atoms with E-state index in [2.05, 4.69) is 26.5 Å². The minimum absolute atomic E-state index is 0.0583. The summed E-state index contributed by atoms with van der Waals surface area (Å²) in [6, 6.07) is 20.0. The Bertz CT molecular complexity index is 1240. The molecule has 0 fully saturated rings. The molecule has 0 unspecified atom stereocenters. The summed E-state index contributed by atoms with van der Waals surface area (Å²) in [5.41, 5.74) is 3.62. The van der Waals surface area contributed by atoms with E-state index in [0.717, 1.165) is 8.78 Å². The molecule has 0 radical (unpaired) electrons. The topological polar surface area (TPSA) is 78.8 Å². The van der Waals surface area contributed by atoms with Gasteiger partial charge >= 0.3 is 0 Å². The summed E-state index contributed by atoms with van der Waals surface area (Å²) in [6.45, 7) is -0.528. The highest BCUT2D eigenvalue weighted by Gasteiger charge is 2.27. The summed E-state index contributed by atoms with van der Waals surface area (Å²) in [4.78, 5) is 12.6. The lowest BCUT2D eigenvalue weighted by molar-refractivity contribution is -0.121. The molecule has 3 rings (SSSR count). The molecule has 10 heteroatoms. The van der Waals surface area contributed by atoms with Crippen molar-refractivity contribution in [3.63, 3.8) is 0 Å². The number of hydrogen-bond donors (Lipinski definition) is 1. The van der Waals surface area contributed by atoms with Crippen molar-refractivity contribution in [3.8, 4) is 0 Å². The highest BCUT2D eigenvalue weighted by Crippen LogP contribution is 2.23. The average molecular weight is 555 g/mol. The Morgan fingerprint density at radius 2 is 1.75 bits per heavy atom. The Labute approximate surface area is 205 Å². The van der Waals surface area contributed by atoms with E-state index in [1.165, 1.54) is 18.3 Å². The van der Waals surface area contributed by atoms with Crippen LogP contribution in [0.3, 0.4) is 0 Å². The molecule has 6 nitrogen and oxygen atoms in total. The standard InChI is InChI=1S/C22H18BrCl2N3O3S/c23-18-8-10-20(11-9-18)32(30,31)28(14-17-5-1-2-7-21(17)25)15-22(29)27-26-13-16-4-3-6-19(24)12-16/h1-13H,14-15H2,(H,27,29)/b26-13+. The fourth-order valence-corrected chi connectivity index (χ4v) is 4.79. The third-order valence-electron chi connectivity index (χ3n) is 4.33. The van der Waals surface area contributed by atoms with E-state index >= 15 is 0 Å². The van der Waals surface area contributed by atoms with Gasteiger partial charge in [0.2, 0.25) is 10.0 Å². The van der Waals surface area contributed by atoms with Crippen LogP contribution in [0.5, 0.6) is 0 Å². The highest BCUT2D eigenvalue weighted by atomic mass is 79.9. The lowest BCUT2D eigenvalue weighted by Crippen LogP contribution is -2.39. The monoisotopic (exact) mass is 553 g/mol. The molecule has 166 valence electrons. The number of sulfonamides is 1. The molecule has 1 N–H and O–H groups in total. The third-order valence-corrected chi connectivity index (χ3v) is 7.27. The predicted molar refractivity (Wildman–Crippen MR) is 130 cm³/mol. The molecule has 0 saturated carbocycles. The van der Waals surface area contributed by atoms with E-state index in [1.807, 2.05) is 0 Å². The number of hydrogen-bond acceptors (Lipinski definition) is 4. The fraction of sp³-hybridized carbons (Fsp3) is 0.0909. The zero-order valence-corrected chi connectivity index (χ0v) is 20.5. The second-order valence-corrected chi connectivity index (χ2v) is 10.4. The van der Waals surface area contributed by atoms with Gasteiger partial charge < -0.3 is 0 Å². The number of nitrogens with zero attached hydrogens (tertiary/aromatic N) is 2. The molecule has 0 spiro atoms. The molecular formula is C22H18BrCl2N3O3S. The van der Waals surface area contributed by atoms with Crippen LogP contribution in [-0.4, -0.2) is 31.4 Å². The molecule has 0 bridgehead atoms. The third kappa shape index (κ3) is 6.63. The summed E-state index contributed by atoms with van der Waals surface area (Å²) >= 11 is 15.4. The summed E-state index contributed by atoms with van der Waals surface area (Å²) in [6.07, 6.45) is 1.42. The Kier molecular flexibility index (Phi) is 8.44. The maximum absolute atomic E-state index is 13.3. The van der Waals surface area contributed by atoms with Crippen LogP contribution < -0.4 is 5.43 Å². The highest BCUT2D eigenvalue weighted by molar-refractivity contribution is 9.10. The average Bonchev–Trinajstić information content (AvgIpc) is 2.75. The van der Waals surface area contributed by atoms with Crippen LogP contribution in [0, 0.1) is 0 Å². The molecule has 0 atom stereocenters. The molecular weight excluding hydrogens is 537 g/mol. The number of nitrogens with one attached hydrogen (secondary N) is 1. The van der Waals surface area contributed by atoms with Crippen molar-refractivity contribution in [1.29, 1.82) is 0 Å². The number of halogens is 3. The van der Waals surface area contributed by atoms with Crippen molar-refractivity contribution in [2.75, 3.05) is 6.54 Å². The first-order chi connectivity index (χ1) is 15.3. The molecule has 3 aromatic rings. The number of carbonyl (C=O) groups excluding carboxylic acids is 1. The Morgan fingerprint density at radius 3 is 2.44 bits per heavy atom. The summed E-state index contributed by atoms with van der Waals surface area (Å²) in [5, 5.41) is 4.83. The molecule has 0 aromatic heterocycles. The van der Waals surface area contributed by atoms with Gasteiger partial charge in [-0.2, -0.15) is 9.41 Å². The number of rotatable bonds is 8. The number of benzene rings is 3. The fourth-order valence-electron chi connectivity index (χ4n) is 2.76. The first-order valence-electron chi connectivity index (χ1n) is 9.32. The van der Waals surface area contributed by atoms with Gasteiger partial charge in [0.1, 0.15) is 0 Å². The van der Waals surface area contributed by atoms with Gasteiger partial charge in [0.25, 0.3) is 5.91 Å². The van der Waals surface area contributed by atoms with Gasteiger partial charge in [0, 0.05) is 21.1 Å².